The molecule has 2 aromatic rings. The van der Waals surface area contributed by atoms with Crippen molar-refractivity contribution in [3.05, 3.63) is 59.7 Å². The number of carboxylic acids is 1. The summed E-state index contributed by atoms with van der Waals surface area (Å²) in [5.41, 5.74) is 2.19. The van der Waals surface area contributed by atoms with Crippen molar-refractivity contribution in [2.24, 2.45) is 5.92 Å². The monoisotopic (exact) mass is 442 g/mol. The van der Waals surface area contributed by atoms with Crippen LogP contribution in [0.2, 0.25) is 0 Å². The van der Waals surface area contributed by atoms with Gasteiger partial charge in [0.05, 0.1) is 7.11 Å². The lowest BCUT2D eigenvalue weighted by atomic mass is 9.73. The SMILES string of the molecule is COc1ccc(S(C)=O)cc1CN[C@H]1[C@H]2CCN(C(C(=O)O)C2)[C@H]1Cc1ccccc1. The lowest BCUT2D eigenvalue weighted by Crippen LogP contribution is -2.68. The summed E-state index contributed by atoms with van der Waals surface area (Å²) in [6, 6.07) is 15.8. The molecule has 5 rings (SSSR count). The van der Waals surface area contributed by atoms with Gasteiger partial charge in [0.1, 0.15) is 11.8 Å². The second-order valence-electron chi connectivity index (χ2n) is 8.47. The van der Waals surface area contributed by atoms with Crippen LogP contribution in [0.1, 0.15) is 24.0 Å². The number of rotatable bonds is 8. The number of benzene rings is 2. The Bertz CT molecular complexity index is 952. The molecule has 6 nitrogen and oxygen atoms in total. The Morgan fingerprint density at radius 2 is 2.03 bits per heavy atom. The molecule has 3 aliphatic rings. The minimum absolute atomic E-state index is 0.116. The zero-order valence-electron chi connectivity index (χ0n) is 18.0. The summed E-state index contributed by atoms with van der Waals surface area (Å²) in [7, 11) is 0.584. The van der Waals surface area contributed by atoms with Gasteiger partial charge in [0.2, 0.25) is 0 Å². The number of hydrogen-bond donors (Lipinski definition) is 2. The molecule has 0 amide bonds. The van der Waals surface area contributed by atoms with Crippen molar-refractivity contribution in [3.63, 3.8) is 0 Å². The van der Waals surface area contributed by atoms with Crippen LogP contribution < -0.4 is 10.1 Å². The maximum Gasteiger partial charge on any atom is 0.320 e. The second kappa shape index (κ2) is 9.51. The summed E-state index contributed by atoms with van der Waals surface area (Å²) in [4.78, 5) is 14.9. The minimum atomic E-state index is -1.06. The van der Waals surface area contributed by atoms with Crippen LogP contribution in [0, 0.1) is 5.92 Å². The lowest BCUT2D eigenvalue weighted by Gasteiger charge is -2.54. The number of piperidine rings is 3. The molecule has 31 heavy (non-hydrogen) atoms. The molecule has 166 valence electrons. The maximum atomic E-state index is 12.0. The molecule has 7 heteroatoms. The second-order valence-corrected chi connectivity index (χ2v) is 9.85. The highest BCUT2D eigenvalue weighted by Gasteiger charge is 2.49. The summed E-state index contributed by atoms with van der Waals surface area (Å²) in [5, 5.41) is 13.5. The third-order valence-electron chi connectivity index (χ3n) is 6.72. The molecule has 3 heterocycles. The highest BCUT2D eigenvalue weighted by molar-refractivity contribution is 7.84. The number of hydrogen-bond acceptors (Lipinski definition) is 5. The van der Waals surface area contributed by atoms with E-state index >= 15 is 0 Å². The van der Waals surface area contributed by atoms with E-state index in [0.29, 0.717) is 18.9 Å². The first kappa shape index (κ1) is 22.0. The Balaban J connectivity index is 1.58. The van der Waals surface area contributed by atoms with Gasteiger partial charge in [-0.25, -0.2) is 0 Å². The van der Waals surface area contributed by atoms with Gasteiger partial charge in [-0.15, -0.1) is 0 Å². The number of nitrogens with zero attached hydrogens (tertiary/aromatic N) is 1. The summed E-state index contributed by atoms with van der Waals surface area (Å²) in [5.74, 6) is 0.362. The van der Waals surface area contributed by atoms with E-state index in [4.69, 9.17) is 4.74 Å². The molecule has 0 spiro atoms. The third-order valence-corrected chi connectivity index (χ3v) is 7.64. The molecule has 3 aliphatic heterocycles. The van der Waals surface area contributed by atoms with Crippen molar-refractivity contribution >= 4 is 16.8 Å². The van der Waals surface area contributed by atoms with E-state index in [1.54, 1.807) is 13.4 Å². The predicted octanol–water partition coefficient (Wildman–Crippen LogP) is 2.68. The number of ether oxygens (including phenoxy) is 1. The number of carbonyl (C=O) groups is 1. The Morgan fingerprint density at radius 3 is 2.71 bits per heavy atom. The fraction of sp³-hybridized carbons (Fsp3) is 0.458. The molecule has 2 aromatic carbocycles. The van der Waals surface area contributed by atoms with E-state index < -0.39 is 22.8 Å². The highest BCUT2D eigenvalue weighted by Crippen LogP contribution is 2.38. The van der Waals surface area contributed by atoms with Crippen molar-refractivity contribution < 1.29 is 18.8 Å². The standard InChI is InChI=1S/C24H30N2O4S/c1-30-22-9-8-19(31(2)29)13-18(22)15-25-23-17-10-11-26(21(14-17)24(27)28)20(23)12-16-6-4-3-5-7-16/h3-9,13,17,20-21,23,25H,10-12,14-15H2,1-2H3,(H,27,28)/t17-,20-,21?,23-,31?/m0/s1. The van der Waals surface area contributed by atoms with Crippen molar-refractivity contribution in [2.75, 3.05) is 19.9 Å². The number of aliphatic carboxylic acids is 1. The van der Waals surface area contributed by atoms with Crippen LogP contribution in [0.15, 0.2) is 53.4 Å². The molecule has 2 N–H and O–H groups in total. The predicted molar refractivity (Wildman–Crippen MR) is 121 cm³/mol. The number of methoxy groups -OCH3 is 1. The summed E-state index contributed by atoms with van der Waals surface area (Å²) in [6.07, 6.45) is 4.17. The summed E-state index contributed by atoms with van der Waals surface area (Å²) < 4.78 is 17.5. The molecule has 0 aliphatic carbocycles. The first-order valence-electron chi connectivity index (χ1n) is 10.7. The van der Waals surface area contributed by atoms with Gasteiger partial charge in [0.25, 0.3) is 0 Å². The normalized spacial score (nSPS) is 28.3. The minimum Gasteiger partial charge on any atom is -0.496 e. The zero-order valence-corrected chi connectivity index (χ0v) is 18.8. The van der Waals surface area contributed by atoms with Gasteiger partial charge in [-0.2, -0.15) is 0 Å². The molecule has 6 atom stereocenters. The zero-order chi connectivity index (χ0) is 22.0. The quantitative estimate of drug-likeness (QED) is 0.655. The van der Waals surface area contributed by atoms with Crippen LogP contribution in [0.25, 0.3) is 0 Å². The number of fused-ring (bicyclic) bond motifs is 3. The third kappa shape index (κ3) is 4.68. The van der Waals surface area contributed by atoms with Gasteiger partial charge < -0.3 is 15.2 Å². The van der Waals surface area contributed by atoms with Crippen LogP contribution in [0.5, 0.6) is 5.75 Å². The van der Waals surface area contributed by atoms with Gasteiger partial charge >= 0.3 is 5.97 Å². The average Bonchev–Trinajstić information content (AvgIpc) is 2.79. The van der Waals surface area contributed by atoms with Crippen LogP contribution in [0.3, 0.4) is 0 Å². The van der Waals surface area contributed by atoms with E-state index in [-0.39, 0.29) is 12.1 Å². The van der Waals surface area contributed by atoms with Gasteiger partial charge in [0, 0.05) is 46.1 Å². The maximum absolute atomic E-state index is 12.0. The number of nitrogens with one attached hydrogen (secondary N) is 1. The lowest BCUT2D eigenvalue weighted by molar-refractivity contribution is -0.152. The molecular weight excluding hydrogens is 412 g/mol. The van der Waals surface area contributed by atoms with Crippen LogP contribution in [-0.2, 0) is 28.6 Å². The molecule has 0 saturated carbocycles. The molecular formula is C24H30N2O4S. The smallest absolute Gasteiger partial charge is 0.320 e. The highest BCUT2D eigenvalue weighted by atomic mass is 32.2. The first-order valence-corrected chi connectivity index (χ1v) is 12.3. The van der Waals surface area contributed by atoms with E-state index in [1.807, 2.05) is 36.4 Å². The van der Waals surface area contributed by atoms with E-state index in [0.717, 1.165) is 35.6 Å². The topological polar surface area (TPSA) is 78.9 Å². The fourth-order valence-electron chi connectivity index (χ4n) is 5.20. The Labute approximate surface area is 186 Å². The van der Waals surface area contributed by atoms with Crippen molar-refractivity contribution in [1.29, 1.82) is 0 Å². The summed E-state index contributed by atoms with van der Waals surface area (Å²) in [6.45, 7) is 1.41. The Morgan fingerprint density at radius 1 is 1.26 bits per heavy atom. The molecule has 2 bridgehead atoms. The van der Waals surface area contributed by atoms with Crippen LogP contribution >= 0.6 is 0 Å². The summed E-state index contributed by atoms with van der Waals surface area (Å²) >= 11 is 0. The van der Waals surface area contributed by atoms with Gasteiger partial charge in [-0.05, 0) is 55.5 Å². The van der Waals surface area contributed by atoms with Crippen molar-refractivity contribution in [2.45, 2.75) is 48.8 Å². The molecule has 3 fully saturated rings. The van der Waals surface area contributed by atoms with E-state index in [9.17, 15) is 14.1 Å². The van der Waals surface area contributed by atoms with Crippen LogP contribution in [-0.4, -0.2) is 58.2 Å². The van der Waals surface area contributed by atoms with Crippen molar-refractivity contribution in [1.82, 2.24) is 10.2 Å². The van der Waals surface area contributed by atoms with Gasteiger partial charge in [0.15, 0.2) is 0 Å². The van der Waals surface area contributed by atoms with E-state index in [2.05, 4.69) is 22.3 Å². The van der Waals surface area contributed by atoms with Crippen LogP contribution in [0.4, 0.5) is 0 Å². The Kier molecular flexibility index (Phi) is 6.74. The largest absolute Gasteiger partial charge is 0.496 e. The van der Waals surface area contributed by atoms with Crippen molar-refractivity contribution in [3.8, 4) is 5.75 Å². The van der Waals surface area contributed by atoms with Gasteiger partial charge in [-0.3, -0.25) is 13.9 Å². The van der Waals surface area contributed by atoms with Gasteiger partial charge in [-0.1, -0.05) is 30.3 Å². The fourth-order valence-corrected chi connectivity index (χ4v) is 5.77. The first-order chi connectivity index (χ1) is 15.0. The van der Waals surface area contributed by atoms with E-state index in [1.165, 1.54) is 5.56 Å². The number of carboxylic acid groups (broad SMARTS) is 1. The average molecular weight is 443 g/mol. The molecule has 3 saturated heterocycles. The molecule has 0 radical (unpaired) electrons. The molecule has 0 aromatic heterocycles. The molecule has 3 unspecified atom stereocenters. The Hall–Kier alpha value is -2.22.